The second-order valence-corrected chi connectivity index (χ2v) is 8.09. The number of hydrogen-bond acceptors (Lipinski definition) is 5. The van der Waals surface area contributed by atoms with E-state index in [4.69, 9.17) is 0 Å². The molecule has 0 atom stereocenters. The maximum Gasteiger partial charge on any atom is 0.230 e. The van der Waals surface area contributed by atoms with Gasteiger partial charge in [0, 0.05) is 31.4 Å². The van der Waals surface area contributed by atoms with Crippen molar-refractivity contribution in [3.8, 4) is 0 Å². The molecule has 0 radical (unpaired) electrons. The second-order valence-electron chi connectivity index (χ2n) is 5.84. The van der Waals surface area contributed by atoms with Gasteiger partial charge in [0.25, 0.3) is 0 Å². The van der Waals surface area contributed by atoms with Gasteiger partial charge in [0.2, 0.25) is 5.91 Å². The minimum absolute atomic E-state index is 0.0485. The van der Waals surface area contributed by atoms with Gasteiger partial charge in [-0.2, -0.15) is 0 Å². The van der Waals surface area contributed by atoms with Crippen LogP contribution < -0.4 is 5.32 Å². The van der Waals surface area contributed by atoms with Crippen LogP contribution in [0.2, 0.25) is 0 Å². The summed E-state index contributed by atoms with van der Waals surface area (Å²) in [6, 6.07) is 8.04. The van der Waals surface area contributed by atoms with Crippen LogP contribution >= 0.6 is 23.1 Å². The largest absolute Gasteiger partial charge is 0.354 e. The highest BCUT2D eigenvalue weighted by atomic mass is 32.2. The molecule has 2 heterocycles. The van der Waals surface area contributed by atoms with Gasteiger partial charge in [-0.1, -0.05) is 23.9 Å². The molecule has 1 aromatic carbocycles. The SMILES string of the molecule is O=C(CSc1nc2ccccc2s1)NCCn1ccnc1C1CC1. The summed E-state index contributed by atoms with van der Waals surface area (Å²) in [6.45, 7) is 1.42. The zero-order chi connectivity index (χ0) is 16.4. The summed E-state index contributed by atoms with van der Waals surface area (Å²) in [6.07, 6.45) is 6.32. The fraction of sp³-hybridized carbons (Fsp3) is 0.353. The lowest BCUT2D eigenvalue weighted by atomic mass is 10.3. The summed E-state index contributed by atoms with van der Waals surface area (Å²) < 4.78 is 4.25. The van der Waals surface area contributed by atoms with Gasteiger partial charge in [-0.25, -0.2) is 9.97 Å². The minimum atomic E-state index is 0.0485. The van der Waals surface area contributed by atoms with Crippen molar-refractivity contribution >= 4 is 39.2 Å². The van der Waals surface area contributed by atoms with Crippen LogP contribution in [0.3, 0.4) is 0 Å². The number of thiazole rings is 1. The van der Waals surface area contributed by atoms with E-state index in [0.717, 1.165) is 26.9 Å². The van der Waals surface area contributed by atoms with E-state index < -0.39 is 0 Å². The Hall–Kier alpha value is -1.86. The van der Waals surface area contributed by atoms with Crippen molar-refractivity contribution in [2.45, 2.75) is 29.6 Å². The molecule has 5 nitrogen and oxygen atoms in total. The van der Waals surface area contributed by atoms with Crippen molar-refractivity contribution in [3.63, 3.8) is 0 Å². The Morgan fingerprint density at radius 1 is 1.38 bits per heavy atom. The van der Waals surface area contributed by atoms with Crippen molar-refractivity contribution in [3.05, 3.63) is 42.5 Å². The first kappa shape index (κ1) is 15.7. The normalized spacial score (nSPS) is 14.2. The lowest BCUT2D eigenvalue weighted by Crippen LogP contribution is -2.28. The van der Waals surface area contributed by atoms with E-state index in [0.29, 0.717) is 18.2 Å². The number of benzene rings is 1. The molecule has 1 N–H and O–H groups in total. The van der Waals surface area contributed by atoms with Gasteiger partial charge in [-0.15, -0.1) is 11.3 Å². The minimum Gasteiger partial charge on any atom is -0.354 e. The molecule has 1 amide bonds. The van der Waals surface area contributed by atoms with Crippen molar-refractivity contribution in [2.75, 3.05) is 12.3 Å². The predicted molar refractivity (Wildman–Crippen MR) is 97.6 cm³/mol. The van der Waals surface area contributed by atoms with Gasteiger partial charge < -0.3 is 9.88 Å². The number of para-hydroxylation sites is 1. The fourth-order valence-electron chi connectivity index (χ4n) is 2.62. The third kappa shape index (κ3) is 3.62. The quantitative estimate of drug-likeness (QED) is 0.659. The van der Waals surface area contributed by atoms with Crippen LogP contribution in [0.15, 0.2) is 41.0 Å². The van der Waals surface area contributed by atoms with E-state index in [9.17, 15) is 4.79 Å². The summed E-state index contributed by atoms with van der Waals surface area (Å²) in [5.74, 6) is 2.24. The molecule has 0 unspecified atom stereocenters. The molecule has 1 saturated carbocycles. The van der Waals surface area contributed by atoms with Gasteiger partial charge in [0.15, 0.2) is 4.34 Å². The molecule has 7 heteroatoms. The maximum absolute atomic E-state index is 12.0. The number of nitrogens with one attached hydrogen (secondary N) is 1. The zero-order valence-electron chi connectivity index (χ0n) is 13.1. The Morgan fingerprint density at radius 3 is 3.08 bits per heavy atom. The Balaban J connectivity index is 1.24. The Labute approximate surface area is 148 Å². The lowest BCUT2D eigenvalue weighted by molar-refractivity contribution is -0.118. The average molecular weight is 358 g/mol. The van der Waals surface area contributed by atoms with Crippen LogP contribution in [0.4, 0.5) is 0 Å². The molecule has 0 saturated heterocycles. The van der Waals surface area contributed by atoms with Crippen LogP contribution in [-0.4, -0.2) is 32.7 Å². The van der Waals surface area contributed by atoms with E-state index in [2.05, 4.69) is 25.9 Å². The van der Waals surface area contributed by atoms with Crippen molar-refractivity contribution < 1.29 is 4.79 Å². The number of nitrogens with zero attached hydrogens (tertiary/aromatic N) is 3. The van der Waals surface area contributed by atoms with Crippen molar-refractivity contribution in [1.29, 1.82) is 0 Å². The number of amides is 1. The first-order valence-electron chi connectivity index (χ1n) is 8.06. The first-order valence-corrected chi connectivity index (χ1v) is 9.86. The topological polar surface area (TPSA) is 59.8 Å². The third-order valence-corrected chi connectivity index (χ3v) is 6.15. The van der Waals surface area contributed by atoms with Gasteiger partial charge >= 0.3 is 0 Å². The Kier molecular flexibility index (Phi) is 4.53. The third-order valence-electron chi connectivity index (χ3n) is 3.97. The molecule has 0 bridgehead atoms. The fourth-order valence-corrected chi connectivity index (χ4v) is 4.52. The molecule has 124 valence electrons. The van der Waals surface area contributed by atoms with Crippen LogP contribution in [0.25, 0.3) is 10.2 Å². The van der Waals surface area contributed by atoms with E-state index in [1.807, 2.05) is 30.6 Å². The predicted octanol–water partition coefficient (Wildman–Crippen LogP) is 3.28. The van der Waals surface area contributed by atoms with Crippen LogP contribution in [0.5, 0.6) is 0 Å². The van der Waals surface area contributed by atoms with E-state index in [1.165, 1.54) is 24.6 Å². The van der Waals surface area contributed by atoms with Crippen LogP contribution in [0, 0.1) is 0 Å². The molecular formula is C17H18N4OS2. The molecule has 1 fully saturated rings. The number of hydrogen-bond donors (Lipinski definition) is 1. The van der Waals surface area contributed by atoms with E-state index in [-0.39, 0.29) is 5.91 Å². The van der Waals surface area contributed by atoms with Gasteiger partial charge in [-0.05, 0) is 25.0 Å². The zero-order valence-corrected chi connectivity index (χ0v) is 14.8. The van der Waals surface area contributed by atoms with Gasteiger partial charge in [0.05, 0.1) is 16.0 Å². The lowest BCUT2D eigenvalue weighted by Gasteiger charge is -2.08. The molecule has 3 aromatic rings. The number of carbonyl (C=O) groups excluding carboxylic acids is 1. The molecular weight excluding hydrogens is 340 g/mol. The standard InChI is InChI=1S/C17H18N4OS2/c22-15(11-23-17-20-13-3-1-2-4-14(13)24-17)18-7-9-21-10-8-19-16(21)12-5-6-12/h1-4,8,10,12H,5-7,9,11H2,(H,18,22). The molecule has 24 heavy (non-hydrogen) atoms. The summed E-state index contributed by atoms with van der Waals surface area (Å²) in [4.78, 5) is 21.0. The van der Waals surface area contributed by atoms with E-state index >= 15 is 0 Å². The molecule has 1 aliphatic carbocycles. The van der Waals surface area contributed by atoms with Crippen LogP contribution in [0.1, 0.15) is 24.6 Å². The molecule has 1 aliphatic rings. The summed E-state index contributed by atoms with van der Waals surface area (Å²) in [7, 11) is 0. The summed E-state index contributed by atoms with van der Waals surface area (Å²) >= 11 is 3.13. The molecule has 0 spiro atoms. The van der Waals surface area contributed by atoms with Crippen molar-refractivity contribution in [1.82, 2.24) is 19.9 Å². The first-order chi connectivity index (χ1) is 11.8. The van der Waals surface area contributed by atoms with Gasteiger partial charge in [0.1, 0.15) is 5.82 Å². The van der Waals surface area contributed by atoms with Crippen molar-refractivity contribution in [2.24, 2.45) is 0 Å². The summed E-state index contributed by atoms with van der Waals surface area (Å²) in [5, 5.41) is 2.98. The highest BCUT2D eigenvalue weighted by Crippen LogP contribution is 2.38. The highest BCUT2D eigenvalue weighted by Gasteiger charge is 2.27. The number of imidazole rings is 1. The molecule has 0 aliphatic heterocycles. The number of rotatable bonds is 7. The molecule has 4 rings (SSSR count). The monoisotopic (exact) mass is 358 g/mol. The Bertz CT molecular complexity index is 820. The number of thioether (sulfide) groups is 1. The van der Waals surface area contributed by atoms with Gasteiger partial charge in [-0.3, -0.25) is 4.79 Å². The second kappa shape index (κ2) is 6.94. The number of fused-ring (bicyclic) bond motifs is 1. The smallest absolute Gasteiger partial charge is 0.230 e. The Morgan fingerprint density at radius 2 is 2.25 bits per heavy atom. The highest BCUT2D eigenvalue weighted by molar-refractivity contribution is 8.01. The summed E-state index contributed by atoms with van der Waals surface area (Å²) in [5.41, 5.74) is 0.998. The number of carbonyl (C=O) groups is 1. The maximum atomic E-state index is 12.0. The number of aromatic nitrogens is 3. The average Bonchev–Trinajstić information content (AvgIpc) is 3.18. The van der Waals surface area contributed by atoms with E-state index in [1.54, 1.807) is 11.3 Å². The molecule has 2 aromatic heterocycles. The van der Waals surface area contributed by atoms with Crippen LogP contribution in [-0.2, 0) is 11.3 Å².